The molecule has 274 valence electrons. The number of aliphatic hydroxyl groups excluding tert-OH is 1. The molecular weight excluding hydrogens is 673 g/mol. The van der Waals surface area contributed by atoms with Gasteiger partial charge in [0.05, 0.1) is 49.7 Å². The number of ether oxygens (including phenoxy) is 4. The summed E-state index contributed by atoms with van der Waals surface area (Å²) in [6, 6.07) is 23.5. The van der Waals surface area contributed by atoms with Crippen LogP contribution in [0.3, 0.4) is 0 Å². The largest absolute Gasteiger partial charge is 0.586 e. The van der Waals surface area contributed by atoms with E-state index in [9.17, 15) is 18.7 Å². The Labute approximate surface area is 301 Å². The van der Waals surface area contributed by atoms with Crippen molar-refractivity contribution in [2.75, 3.05) is 19.8 Å². The number of β-amino-alcohol motifs (C(OH)–C–C–N with tert-alkyl or cyclic N) is 1. The molecule has 11 heteroatoms. The monoisotopic (exact) mass is 716 g/mol. The number of carbonyl (C=O) groups excluding carboxylic acids is 1. The standard InChI is InChI=1S/C41H43F3N2O6/c1-26-36(42)32(45-38(48)40(16-17-40)30-14-15-33-34(20-30)52-41(43,44)51-33)18-29-19-35(39(2,3)25-50-23-28-12-8-5-9-13-28)46(37(26)29)21-31(47)24-49-22-27-10-6-4-7-11-27/h4-15,18-20,26,31,37,47H,16-17,21-25H2,1-3H3,(H,45,48). The van der Waals surface area contributed by atoms with Crippen LogP contribution in [0, 0.1) is 11.3 Å². The lowest BCUT2D eigenvalue weighted by Crippen LogP contribution is -2.47. The molecule has 3 aromatic rings. The summed E-state index contributed by atoms with van der Waals surface area (Å²) in [5.74, 6) is -1.84. The Morgan fingerprint density at radius 2 is 1.60 bits per heavy atom. The van der Waals surface area contributed by atoms with Gasteiger partial charge in [0.2, 0.25) is 5.91 Å². The second-order valence-electron chi connectivity index (χ2n) is 14.7. The van der Waals surface area contributed by atoms with E-state index >= 15 is 4.39 Å². The summed E-state index contributed by atoms with van der Waals surface area (Å²) in [5, 5.41) is 14.1. The van der Waals surface area contributed by atoms with Gasteiger partial charge in [-0.25, -0.2) is 4.39 Å². The Kier molecular flexibility index (Phi) is 9.71. The third-order valence-corrected chi connectivity index (χ3v) is 10.2. The Morgan fingerprint density at radius 3 is 2.25 bits per heavy atom. The number of halogens is 3. The van der Waals surface area contributed by atoms with E-state index in [0.29, 0.717) is 38.2 Å². The molecule has 52 heavy (non-hydrogen) atoms. The van der Waals surface area contributed by atoms with E-state index in [4.69, 9.17) is 9.47 Å². The van der Waals surface area contributed by atoms with Crippen molar-refractivity contribution in [3.63, 3.8) is 0 Å². The van der Waals surface area contributed by atoms with Crippen LogP contribution in [-0.2, 0) is 32.9 Å². The van der Waals surface area contributed by atoms with Crippen LogP contribution in [0.25, 0.3) is 0 Å². The van der Waals surface area contributed by atoms with Gasteiger partial charge >= 0.3 is 6.29 Å². The lowest BCUT2D eigenvalue weighted by molar-refractivity contribution is -0.286. The Bertz CT molecular complexity index is 1890. The lowest BCUT2D eigenvalue weighted by Gasteiger charge is -2.41. The van der Waals surface area contributed by atoms with E-state index in [-0.39, 0.29) is 30.3 Å². The molecule has 7 rings (SSSR count). The van der Waals surface area contributed by atoms with E-state index in [1.165, 1.54) is 12.1 Å². The van der Waals surface area contributed by atoms with Crippen LogP contribution >= 0.6 is 0 Å². The maximum atomic E-state index is 16.4. The molecule has 2 N–H and O–H groups in total. The van der Waals surface area contributed by atoms with Crippen molar-refractivity contribution >= 4 is 5.91 Å². The third-order valence-electron chi connectivity index (χ3n) is 10.2. The summed E-state index contributed by atoms with van der Waals surface area (Å²) in [4.78, 5) is 15.8. The average molecular weight is 717 g/mol. The predicted molar refractivity (Wildman–Crippen MR) is 188 cm³/mol. The molecule has 1 saturated carbocycles. The number of alkyl halides is 2. The first-order valence-corrected chi connectivity index (χ1v) is 17.6. The van der Waals surface area contributed by atoms with Gasteiger partial charge in [0.25, 0.3) is 0 Å². The molecule has 8 nitrogen and oxygen atoms in total. The van der Waals surface area contributed by atoms with Crippen molar-refractivity contribution in [1.29, 1.82) is 0 Å². The summed E-state index contributed by atoms with van der Waals surface area (Å²) in [5.41, 5.74) is 2.72. The number of nitrogens with one attached hydrogen (secondary N) is 1. The quantitative estimate of drug-likeness (QED) is 0.181. The number of hydrogen-bond donors (Lipinski definition) is 2. The number of carbonyl (C=O) groups is 1. The minimum Gasteiger partial charge on any atom is -0.395 e. The van der Waals surface area contributed by atoms with Gasteiger partial charge in [0, 0.05) is 23.6 Å². The van der Waals surface area contributed by atoms with Crippen molar-refractivity contribution in [2.24, 2.45) is 11.3 Å². The predicted octanol–water partition coefficient (Wildman–Crippen LogP) is 7.30. The number of fused-ring (bicyclic) bond motifs is 2. The van der Waals surface area contributed by atoms with Crippen molar-refractivity contribution in [3.05, 3.63) is 130 Å². The molecule has 4 aliphatic rings. The van der Waals surface area contributed by atoms with Crippen LogP contribution in [0.2, 0.25) is 0 Å². The highest BCUT2D eigenvalue weighted by Gasteiger charge is 2.53. The lowest BCUT2D eigenvalue weighted by atomic mass is 9.87. The molecule has 0 radical (unpaired) electrons. The highest BCUT2D eigenvalue weighted by atomic mass is 19.3. The zero-order chi connectivity index (χ0) is 36.7. The van der Waals surface area contributed by atoms with Gasteiger partial charge in [0.15, 0.2) is 11.5 Å². The molecule has 0 spiro atoms. The minimum atomic E-state index is -3.77. The van der Waals surface area contributed by atoms with Crippen molar-refractivity contribution in [2.45, 2.75) is 70.7 Å². The number of amides is 1. The van der Waals surface area contributed by atoms with Gasteiger partial charge in [-0.3, -0.25) is 4.79 Å². The fraction of sp³-hybridized carbons (Fsp3) is 0.390. The molecule has 0 bridgehead atoms. The molecule has 2 heterocycles. The second kappa shape index (κ2) is 14.1. The number of nitrogens with zero attached hydrogens (tertiary/aromatic N) is 1. The minimum absolute atomic E-state index is 0.0598. The second-order valence-corrected chi connectivity index (χ2v) is 14.7. The Morgan fingerprint density at radius 1 is 0.962 bits per heavy atom. The number of hydrogen-bond acceptors (Lipinski definition) is 7. The molecule has 2 aliphatic carbocycles. The van der Waals surface area contributed by atoms with Crippen molar-refractivity contribution < 1.29 is 42.0 Å². The fourth-order valence-corrected chi connectivity index (χ4v) is 7.35. The van der Waals surface area contributed by atoms with Gasteiger partial charge in [-0.15, -0.1) is 8.78 Å². The molecule has 1 amide bonds. The first-order chi connectivity index (χ1) is 24.8. The third kappa shape index (κ3) is 7.35. The highest BCUT2D eigenvalue weighted by molar-refractivity contribution is 5.93. The van der Waals surface area contributed by atoms with E-state index in [1.807, 2.05) is 71.6 Å². The van der Waals surface area contributed by atoms with Gasteiger partial charge in [-0.2, -0.15) is 0 Å². The molecule has 3 aromatic carbocycles. The molecule has 0 aromatic heterocycles. The normalized spacial score (nSPS) is 21.7. The van der Waals surface area contributed by atoms with Gasteiger partial charge in [-0.05, 0) is 59.4 Å². The maximum absolute atomic E-state index is 16.4. The van der Waals surface area contributed by atoms with E-state index in [1.54, 1.807) is 19.1 Å². The zero-order valence-electron chi connectivity index (χ0n) is 29.4. The van der Waals surface area contributed by atoms with Gasteiger partial charge < -0.3 is 34.3 Å². The topological polar surface area (TPSA) is 89.5 Å². The van der Waals surface area contributed by atoms with Crippen LogP contribution in [0.1, 0.15) is 50.3 Å². The zero-order valence-corrected chi connectivity index (χ0v) is 29.4. The molecule has 1 fully saturated rings. The maximum Gasteiger partial charge on any atom is 0.586 e. The average Bonchev–Trinajstić information content (AvgIpc) is 3.76. The Balaban J connectivity index is 1.10. The molecule has 3 unspecified atom stereocenters. The van der Waals surface area contributed by atoms with E-state index in [0.717, 1.165) is 22.4 Å². The summed E-state index contributed by atoms with van der Waals surface area (Å²) in [6.45, 7) is 7.30. The fourth-order valence-electron chi connectivity index (χ4n) is 7.35. The first kappa shape index (κ1) is 35.8. The molecule has 3 atom stereocenters. The molecule has 2 aliphatic heterocycles. The summed E-state index contributed by atoms with van der Waals surface area (Å²) in [6.07, 6.45) is -0.0366. The first-order valence-electron chi connectivity index (χ1n) is 17.6. The smallest absolute Gasteiger partial charge is 0.395 e. The van der Waals surface area contributed by atoms with Crippen LogP contribution in [0.4, 0.5) is 13.2 Å². The van der Waals surface area contributed by atoms with E-state index in [2.05, 4.69) is 28.6 Å². The summed E-state index contributed by atoms with van der Waals surface area (Å²) >= 11 is 0. The van der Waals surface area contributed by atoms with Crippen molar-refractivity contribution in [1.82, 2.24) is 10.2 Å². The van der Waals surface area contributed by atoms with Crippen LogP contribution < -0.4 is 14.8 Å². The van der Waals surface area contributed by atoms with Crippen LogP contribution in [0.15, 0.2) is 114 Å². The number of aliphatic hydroxyl groups is 1. The van der Waals surface area contributed by atoms with Crippen LogP contribution in [0.5, 0.6) is 11.5 Å². The van der Waals surface area contributed by atoms with Crippen molar-refractivity contribution in [3.8, 4) is 11.5 Å². The number of allylic oxidation sites excluding steroid dienone is 1. The van der Waals surface area contributed by atoms with Crippen LogP contribution in [-0.4, -0.2) is 54.1 Å². The summed E-state index contributed by atoms with van der Waals surface area (Å²) in [7, 11) is 0. The SMILES string of the molecule is CC1C(F)=C(NC(=O)C2(c3ccc4c(c3)OC(F)(F)O4)CC2)C=C2C=C(C(C)(C)COCc3ccccc3)N(CC(O)COCc3ccccc3)C21. The van der Waals surface area contributed by atoms with Gasteiger partial charge in [-0.1, -0.05) is 87.5 Å². The number of rotatable bonds is 14. The number of benzene rings is 3. The van der Waals surface area contributed by atoms with Gasteiger partial charge in [0.1, 0.15) is 5.83 Å². The van der Waals surface area contributed by atoms with E-state index < -0.39 is 46.9 Å². The molecular formula is C41H43F3N2O6. The highest BCUT2D eigenvalue weighted by Crippen LogP contribution is 2.52. The molecule has 0 saturated heterocycles. The Hall–Kier alpha value is -4.58. The summed E-state index contributed by atoms with van der Waals surface area (Å²) < 4.78 is 64.9.